The summed E-state index contributed by atoms with van der Waals surface area (Å²) in [5, 5.41) is 10.3. The van der Waals surface area contributed by atoms with E-state index in [1.807, 2.05) is 34.6 Å². The van der Waals surface area contributed by atoms with Gasteiger partial charge in [-0.25, -0.2) is 0 Å². The Morgan fingerprint density at radius 3 is 2.44 bits per heavy atom. The van der Waals surface area contributed by atoms with Crippen molar-refractivity contribution in [2.75, 3.05) is 6.54 Å². The maximum absolute atomic E-state index is 11.6. The largest absolute Gasteiger partial charge is 0.416 e. The third kappa shape index (κ3) is 3.32. The minimum Gasteiger partial charge on any atom is -0.416 e. The van der Waals surface area contributed by atoms with E-state index >= 15 is 0 Å². The van der Waals surface area contributed by atoms with Crippen molar-refractivity contribution in [3.05, 3.63) is 11.8 Å². The molecule has 0 saturated carbocycles. The molecule has 1 amide bonds. The molecule has 1 aromatic rings. The van der Waals surface area contributed by atoms with Crippen molar-refractivity contribution in [2.45, 2.75) is 40.0 Å². The van der Waals surface area contributed by atoms with Crippen LogP contribution >= 0.6 is 0 Å². The first-order chi connectivity index (χ1) is 7.30. The molecule has 16 heavy (non-hydrogen) atoms. The van der Waals surface area contributed by atoms with Crippen LogP contribution in [0.1, 0.15) is 51.2 Å². The van der Waals surface area contributed by atoms with Crippen molar-refractivity contribution in [3.8, 4) is 0 Å². The second-order valence-electron chi connectivity index (χ2n) is 5.27. The van der Waals surface area contributed by atoms with E-state index in [1.165, 1.54) is 0 Å². The number of rotatable bonds is 3. The first-order valence-electron chi connectivity index (χ1n) is 5.43. The molecule has 0 unspecified atom stereocenters. The summed E-state index contributed by atoms with van der Waals surface area (Å²) < 4.78 is 5.31. The summed E-state index contributed by atoms with van der Waals surface area (Å²) >= 11 is 0. The van der Waals surface area contributed by atoms with Crippen molar-refractivity contribution < 1.29 is 9.21 Å². The van der Waals surface area contributed by atoms with Gasteiger partial charge in [-0.3, -0.25) is 4.79 Å². The third-order valence-electron chi connectivity index (χ3n) is 1.93. The molecule has 1 rings (SSSR count). The van der Waals surface area contributed by atoms with Crippen LogP contribution in [0.3, 0.4) is 0 Å². The molecule has 5 nitrogen and oxygen atoms in total. The molecule has 0 aliphatic rings. The highest BCUT2D eigenvalue weighted by atomic mass is 16.4. The SMILES string of the molecule is CC(C)CNC(=O)c1nnc(C(C)(C)C)o1. The minimum absolute atomic E-state index is 0.0329. The van der Waals surface area contributed by atoms with E-state index in [2.05, 4.69) is 15.5 Å². The molecule has 0 saturated heterocycles. The van der Waals surface area contributed by atoms with Gasteiger partial charge in [0.25, 0.3) is 0 Å². The van der Waals surface area contributed by atoms with E-state index in [0.29, 0.717) is 18.4 Å². The Morgan fingerprint density at radius 1 is 1.38 bits per heavy atom. The zero-order valence-electron chi connectivity index (χ0n) is 10.5. The number of nitrogens with one attached hydrogen (secondary N) is 1. The van der Waals surface area contributed by atoms with E-state index in [-0.39, 0.29) is 17.2 Å². The van der Waals surface area contributed by atoms with E-state index in [4.69, 9.17) is 4.42 Å². The van der Waals surface area contributed by atoms with Crippen LogP contribution in [0.5, 0.6) is 0 Å². The molecule has 0 atom stereocenters. The van der Waals surface area contributed by atoms with Crippen LogP contribution in [0.25, 0.3) is 0 Å². The molecule has 0 radical (unpaired) electrons. The van der Waals surface area contributed by atoms with Gasteiger partial charge >= 0.3 is 11.8 Å². The highest BCUT2D eigenvalue weighted by Gasteiger charge is 2.23. The molecule has 1 heterocycles. The monoisotopic (exact) mass is 225 g/mol. The maximum Gasteiger partial charge on any atom is 0.308 e. The van der Waals surface area contributed by atoms with Crippen LogP contribution in [-0.4, -0.2) is 22.6 Å². The maximum atomic E-state index is 11.6. The number of carbonyl (C=O) groups excluding carboxylic acids is 1. The van der Waals surface area contributed by atoms with Crippen LogP contribution in [0.2, 0.25) is 0 Å². The average molecular weight is 225 g/mol. The van der Waals surface area contributed by atoms with Crippen molar-refractivity contribution in [2.24, 2.45) is 5.92 Å². The zero-order valence-corrected chi connectivity index (χ0v) is 10.5. The van der Waals surface area contributed by atoms with Crippen molar-refractivity contribution in [1.29, 1.82) is 0 Å². The highest BCUT2D eigenvalue weighted by Crippen LogP contribution is 2.20. The molecule has 1 aromatic heterocycles. The molecule has 5 heteroatoms. The smallest absolute Gasteiger partial charge is 0.308 e. The molecule has 0 aliphatic carbocycles. The lowest BCUT2D eigenvalue weighted by atomic mass is 9.97. The second kappa shape index (κ2) is 4.63. The van der Waals surface area contributed by atoms with Crippen LogP contribution < -0.4 is 5.32 Å². The molecule has 0 bridgehead atoms. The van der Waals surface area contributed by atoms with Crippen molar-refractivity contribution in [1.82, 2.24) is 15.5 Å². The van der Waals surface area contributed by atoms with Crippen LogP contribution in [0.15, 0.2) is 4.42 Å². The van der Waals surface area contributed by atoms with Crippen LogP contribution in [0, 0.1) is 5.92 Å². The lowest BCUT2D eigenvalue weighted by molar-refractivity contribution is 0.0911. The molecule has 0 fully saturated rings. The van der Waals surface area contributed by atoms with Gasteiger partial charge in [0.05, 0.1) is 0 Å². The van der Waals surface area contributed by atoms with E-state index in [0.717, 1.165) is 0 Å². The van der Waals surface area contributed by atoms with Gasteiger partial charge < -0.3 is 9.73 Å². The number of hydrogen-bond acceptors (Lipinski definition) is 4. The number of carbonyl (C=O) groups is 1. The number of hydrogen-bond donors (Lipinski definition) is 1. The molecular formula is C11H19N3O2. The van der Waals surface area contributed by atoms with Gasteiger partial charge in [-0.15, -0.1) is 10.2 Å². The quantitative estimate of drug-likeness (QED) is 0.851. The van der Waals surface area contributed by atoms with E-state index in [1.54, 1.807) is 0 Å². The molecule has 0 spiro atoms. The van der Waals surface area contributed by atoms with Gasteiger partial charge in [0.15, 0.2) is 0 Å². The van der Waals surface area contributed by atoms with Crippen LogP contribution in [-0.2, 0) is 5.41 Å². The van der Waals surface area contributed by atoms with Crippen LogP contribution in [0.4, 0.5) is 0 Å². The number of nitrogens with zero attached hydrogens (tertiary/aromatic N) is 2. The molecule has 1 N–H and O–H groups in total. The van der Waals surface area contributed by atoms with Gasteiger partial charge in [0.2, 0.25) is 5.89 Å². The standard InChI is InChI=1S/C11H19N3O2/c1-7(2)6-12-8(15)9-13-14-10(16-9)11(3,4)5/h7H,6H2,1-5H3,(H,12,15). The zero-order chi connectivity index (χ0) is 12.3. The van der Waals surface area contributed by atoms with Gasteiger partial charge in [0.1, 0.15) is 0 Å². The fourth-order valence-corrected chi connectivity index (χ4v) is 0.991. The summed E-state index contributed by atoms with van der Waals surface area (Å²) in [6.45, 7) is 10.5. The topological polar surface area (TPSA) is 68.0 Å². The Labute approximate surface area is 95.6 Å². The Balaban J connectivity index is 2.67. The summed E-state index contributed by atoms with van der Waals surface area (Å²) in [6, 6.07) is 0. The summed E-state index contributed by atoms with van der Waals surface area (Å²) in [5.41, 5.74) is -0.233. The first kappa shape index (κ1) is 12.7. The molecule has 0 aliphatic heterocycles. The fourth-order valence-electron chi connectivity index (χ4n) is 0.991. The molecule has 90 valence electrons. The average Bonchev–Trinajstić information content (AvgIpc) is 2.61. The number of amides is 1. The Kier molecular flexibility index (Phi) is 3.67. The normalized spacial score (nSPS) is 11.9. The summed E-state index contributed by atoms with van der Waals surface area (Å²) in [6.07, 6.45) is 0. The number of aromatic nitrogens is 2. The van der Waals surface area contributed by atoms with Crippen molar-refractivity contribution >= 4 is 5.91 Å². The second-order valence-corrected chi connectivity index (χ2v) is 5.27. The molecule has 0 aromatic carbocycles. The molecular weight excluding hydrogens is 206 g/mol. The van der Waals surface area contributed by atoms with Gasteiger partial charge in [-0.2, -0.15) is 0 Å². The van der Waals surface area contributed by atoms with Crippen molar-refractivity contribution in [3.63, 3.8) is 0 Å². The minimum atomic E-state index is -0.309. The van der Waals surface area contributed by atoms with Gasteiger partial charge in [-0.1, -0.05) is 34.6 Å². The summed E-state index contributed by atoms with van der Waals surface area (Å²) in [7, 11) is 0. The fraction of sp³-hybridized carbons (Fsp3) is 0.727. The predicted molar refractivity (Wildman–Crippen MR) is 60.2 cm³/mol. The Bertz CT molecular complexity index is 364. The first-order valence-corrected chi connectivity index (χ1v) is 5.43. The lowest BCUT2D eigenvalue weighted by Gasteiger charge is -2.11. The van der Waals surface area contributed by atoms with E-state index < -0.39 is 0 Å². The van der Waals surface area contributed by atoms with E-state index in [9.17, 15) is 4.79 Å². The Hall–Kier alpha value is -1.39. The lowest BCUT2D eigenvalue weighted by Crippen LogP contribution is -2.27. The third-order valence-corrected chi connectivity index (χ3v) is 1.93. The Morgan fingerprint density at radius 2 is 2.00 bits per heavy atom. The predicted octanol–water partition coefficient (Wildman–Crippen LogP) is 1.75. The summed E-state index contributed by atoms with van der Waals surface area (Å²) in [4.78, 5) is 11.6. The summed E-state index contributed by atoms with van der Waals surface area (Å²) in [5.74, 6) is 0.596. The van der Waals surface area contributed by atoms with Gasteiger partial charge in [-0.05, 0) is 5.92 Å². The van der Waals surface area contributed by atoms with Gasteiger partial charge in [0, 0.05) is 12.0 Å². The highest BCUT2D eigenvalue weighted by molar-refractivity contribution is 5.89.